The minimum absolute atomic E-state index is 0.0100. The normalized spacial score (nSPS) is 14.3. The summed E-state index contributed by atoms with van der Waals surface area (Å²) in [6.45, 7) is 3.83. The van der Waals surface area contributed by atoms with E-state index in [1.165, 1.54) is 0 Å². The number of ether oxygens (including phenoxy) is 1. The molecule has 0 bridgehead atoms. The lowest BCUT2D eigenvalue weighted by Gasteiger charge is -2.29. The van der Waals surface area contributed by atoms with E-state index in [0.717, 1.165) is 11.4 Å². The molecular weight excluding hydrogens is 346 g/mol. The number of urea groups is 1. The molecule has 2 aromatic rings. The van der Waals surface area contributed by atoms with E-state index in [4.69, 9.17) is 4.74 Å². The Morgan fingerprint density at radius 2 is 2.00 bits per heavy atom. The van der Waals surface area contributed by atoms with Gasteiger partial charge >= 0.3 is 6.03 Å². The Morgan fingerprint density at radius 1 is 1.26 bits per heavy atom. The van der Waals surface area contributed by atoms with E-state index in [9.17, 15) is 9.59 Å². The van der Waals surface area contributed by atoms with Crippen LogP contribution in [0.4, 0.5) is 4.79 Å². The number of nitrogens with one attached hydrogen (secondary N) is 1. The van der Waals surface area contributed by atoms with Crippen LogP contribution in [0.25, 0.3) is 0 Å². The maximum Gasteiger partial charge on any atom is 0.319 e. The molecule has 0 unspecified atom stereocenters. The molecule has 8 heteroatoms. The number of amides is 3. The Hall–Kier alpha value is -3.03. The third kappa shape index (κ3) is 4.58. The number of hydrogen-bond donors (Lipinski definition) is 1. The zero-order valence-corrected chi connectivity index (χ0v) is 15.9. The average Bonchev–Trinajstić information content (AvgIpc) is 3.08. The van der Waals surface area contributed by atoms with Crippen LogP contribution in [-0.4, -0.2) is 58.3 Å². The van der Waals surface area contributed by atoms with Gasteiger partial charge in [0.25, 0.3) is 5.91 Å². The number of rotatable bonds is 5. The Morgan fingerprint density at radius 3 is 2.70 bits per heavy atom. The lowest BCUT2D eigenvalue weighted by atomic mass is 10.3. The second-order valence-corrected chi connectivity index (χ2v) is 6.74. The first-order valence-electron chi connectivity index (χ1n) is 8.95. The molecule has 3 rings (SSSR count). The molecule has 1 atom stereocenters. The Balaban J connectivity index is 1.54. The second-order valence-electron chi connectivity index (χ2n) is 6.74. The van der Waals surface area contributed by atoms with Crippen molar-refractivity contribution in [3.05, 3.63) is 47.8 Å². The van der Waals surface area contributed by atoms with Crippen LogP contribution >= 0.6 is 0 Å². The molecule has 1 aliphatic rings. The number of fused-ring (bicyclic) bond motifs is 1. The molecular formula is C19H25N5O3. The Labute approximate surface area is 158 Å². The summed E-state index contributed by atoms with van der Waals surface area (Å²) in [5.41, 5.74) is 1.73. The molecule has 0 aliphatic carbocycles. The van der Waals surface area contributed by atoms with Gasteiger partial charge in [-0.2, -0.15) is 5.10 Å². The molecule has 8 nitrogen and oxygen atoms in total. The predicted molar refractivity (Wildman–Crippen MR) is 100 cm³/mol. The van der Waals surface area contributed by atoms with Crippen LogP contribution in [0.3, 0.4) is 0 Å². The lowest BCUT2D eigenvalue weighted by Crippen LogP contribution is -2.43. The lowest BCUT2D eigenvalue weighted by molar-refractivity contribution is -0.127. The maximum atomic E-state index is 12.3. The van der Waals surface area contributed by atoms with E-state index in [0.29, 0.717) is 31.9 Å². The molecule has 0 fully saturated rings. The van der Waals surface area contributed by atoms with Crippen molar-refractivity contribution in [2.75, 3.05) is 20.6 Å². The third-order valence-corrected chi connectivity index (χ3v) is 4.37. The van der Waals surface area contributed by atoms with Crippen molar-refractivity contribution in [1.29, 1.82) is 0 Å². The molecule has 144 valence electrons. The van der Waals surface area contributed by atoms with Gasteiger partial charge in [0.1, 0.15) is 5.75 Å². The van der Waals surface area contributed by atoms with Gasteiger partial charge in [0.2, 0.25) is 0 Å². The van der Waals surface area contributed by atoms with Crippen molar-refractivity contribution in [2.24, 2.45) is 0 Å². The second kappa shape index (κ2) is 8.11. The minimum atomic E-state index is -0.599. The molecule has 0 spiro atoms. The first-order chi connectivity index (χ1) is 12.9. The fourth-order valence-corrected chi connectivity index (χ4v) is 2.94. The van der Waals surface area contributed by atoms with Crippen molar-refractivity contribution in [1.82, 2.24) is 24.9 Å². The van der Waals surface area contributed by atoms with Gasteiger partial charge in [-0.05, 0) is 25.1 Å². The van der Waals surface area contributed by atoms with Gasteiger partial charge < -0.3 is 19.9 Å². The predicted octanol–water partition coefficient (Wildman–Crippen LogP) is 1.46. The van der Waals surface area contributed by atoms with Gasteiger partial charge in [-0.15, -0.1) is 0 Å². The first-order valence-corrected chi connectivity index (χ1v) is 8.95. The Bertz CT molecular complexity index is 803. The quantitative estimate of drug-likeness (QED) is 0.863. The molecule has 27 heavy (non-hydrogen) atoms. The van der Waals surface area contributed by atoms with Gasteiger partial charge in [0.15, 0.2) is 6.10 Å². The summed E-state index contributed by atoms with van der Waals surface area (Å²) in [6.07, 6.45) is -0.599. The number of benzene rings is 1. The van der Waals surface area contributed by atoms with E-state index in [1.54, 1.807) is 30.8 Å². The van der Waals surface area contributed by atoms with Gasteiger partial charge in [0.05, 0.1) is 31.0 Å². The number of aromatic nitrogens is 2. The maximum absolute atomic E-state index is 12.3. The number of nitrogens with zero attached hydrogens (tertiary/aromatic N) is 4. The van der Waals surface area contributed by atoms with Crippen molar-refractivity contribution < 1.29 is 14.3 Å². The van der Waals surface area contributed by atoms with Crippen LogP contribution in [0.2, 0.25) is 0 Å². The van der Waals surface area contributed by atoms with E-state index in [2.05, 4.69) is 10.4 Å². The van der Waals surface area contributed by atoms with Crippen molar-refractivity contribution in [3.63, 3.8) is 0 Å². The van der Waals surface area contributed by atoms with Gasteiger partial charge in [-0.25, -0.2) is 4.79 Å². The van der Waals surface area contributed by atoms with Crippen LogP contribution in [0.15, 0.2) is 36.4 Å². The average molecular weight is 371 g/mol. The fraction of sp³-hybridized carbons (Fsp3) is 0.421. The summed E-state index contributed by atoms with van der Waals surface area (Å²) in [5, 5.41) is 7.37. The minimum Gasteiger partial charge on any atom is -0.481 e. The van der Waals surface area contributed by atoms with Gasteiger partial charge in [-0.3, -0.25) is 9.48 Å². The largest absolute Gasteiger partial charge is 0.481 e. The van der Waals surface area contributed by atoms with E-state index >= 15 is 0 Å². The first kappa shape index (κ1) is 18.8. The van der Waals surface area contributed by atoms with Crippen LogP contribution in [-0.2, 0) is 24.4 Å². The van der Waals surface area contributed by atoms with E-state index in [-0.39, 0.29) is 11.9 Å². The summed E-state index contributed by atoms with van der Waals surface area (Å²) in [7, 11) is 3.49. The molecule has 0 saturated heterocycles. The number of carbonyl (C=O) groups is 2. The van der Waals surface area contributed by atoms with E-state index < -0.39 is 6.10 Å². The molecule has 0 saturated carbocycles. The summed E-state index contributed by atoms with van der Waals surface area (Å²) in [6, 6.07) is 11.2. The highest BCUT2D eigenvalue weighted by Crippen LogP contribution is 2.15. The molecule has 1 aromatic heterocycles. The van der Waals surface area contributed by atoms with Crippen LogP contribution < -0.4 is 10.1 Å². The highest BCUT2D eigenvalue weighted by Gasteiger charge is 2.23. The van der Waals surface area contributed by atoms with Crippen LogP contribution in [0.5, 0.6) is 5.75 Å². The van der Waals surface area contributed by atoms with Crippen molar-refractivity contribution >= 4 is 11.9 Å². The molecule has 3 amide bonds. The van der Waals surface area contributed by atoms with Crippen LogP contribution in [0.1, 0.15) is 18.3 Å². The SMILES string of the molecule is C[C@@H](Oc1ccccc1)C(=O)NCc1cc2n(n1)CCN(C(=O)N(C)C)C2. The van der Waals surface area contributed by atoms with Crippen molar-refractivity contribution in [2.45, 2.75) is 32.7 Å². The van der Waals surface area contributed by atoms with Crippen molar-refractivity contribution in [3.8, 4) is 5.75 Å². The standard InChI is InChI=1S/C19H25N5O3/c1-14(27-17-7-5-4-6-8-17)18(25)20-12-15-11-16-13-23(19(26)22(2)3)9-10-24(16)21-15/h4-8,11,14H,9-10,12-13H2,1-3H3,(H,20,25)/t14-/m1/s1. The third-order valence-electron chi connectivity index (χ3n) is 4.37. The monoisotopic (exact) mass is 371 g/mol. The van der Waals surface area contributed by atoms with Gasteiger partial charge in [0, 0.05) is 20.6 Å². The summed E-state index contributed by atoms with van der Waals surface area (Å²) in [4.78, 5) is 27.7. The number of hydrogen-bond acceptors (Lipinski definition) is 4. The fourth-order valence-electron chi connectivity index (χ4n) is 2.94. The molecule has 1 aromatic carbocycles. The van der Waals surface area contributed by atoms with Gasteiger partial charge in [-0.1, -0.05) is 18.2 Å². The summed E-state index contributed by atoms with van der Waals surface area (Å²) in [5.74, 6) is 0.456. The summed E-state index contributed by atoms with van der Waals surface area (Å²) >= 11 is 0. The highest BCUT2D eigenvalue weighted by atomic mass is 16.5. The molecule has 0 radical (unpaired) electrons. The highest BCUT2D eigenvalue weighted by molar-refractivity contribution is 5.80. The zero-order chi connectivity index (χ0) is 19.4. The smallest absolute Gasteiger partial charge is 0.319 e. The zero-order valence-electron chi connectivity index (χ0n) is 15.9. The Kier molecular flexibility index (Phi) is 5.63. The van der Waals surface area contributed by atoms with Crippen LogP contribution in [0, 0.1) is 0 Å². The summed E-state index contributed by atoms with van der Waals surface area (Å²) < 4.78 is 7.52. The molecule has 2 heterocycles. The number of carbonyl (C=O) groups excluding carboxylic acids is 2. The molecule has 1 aliphatic heterocycles. The number of para-hydroxylation sites is 1. The van der Waals surface area contributed by atoms with E-state index in [1.807, 2.05) is 41.1 Å². The topological polar surface area (TPSA) is 79.7 Å². The molecule has 1 N–H and O–H groups in total.